The molecule has 0 aliphatic heterocycles. The number of halogens is 1. The number of Topliss-reactive ketones (excluding diaryl/α,β-unsaturated/α-hetero) is 1. The number of benzene rings is 1. The second kappa shape index (κ2) is 5.27. The van der Waals surface area contributed by atoms with Crippen LogP contribution in [0.15, 0.2) is 22.7 Å². The van der Waals surface area contributed by atoms with Crippen LogP contribution >= 0.6 is 15.9 Å². The summed E-state index contributed by atoms with van der Waals surface area (Å²) in [5.41, 5.74) is 2.01. The molecule has 108 valence electrons. The Kier molecular flexibility index (Phi) is 3.76. The highest BCUT2D eigenvalue weighted by molar-refractivity contribution is 9.10. The first-order valence-electron chi connectivity index (χ1n) is 7.45. The molecule has 20 heavy (non-hydrogen) atoms. The highest BCUT2D eigenvalue weighted by Crippen LogP contribution is 2.50. The molecule has 0 heterocycles. The molecule has 1 fully saturated rings. The van der Waals surface area contributed by atoms with E-state index in [0.29, 0.717) is 17.8 Å². The second-order valence-corrected chi connectivity index (χ2v) is 7.19. The zero-order valence-electron chi connectivity index (χ0n) is 12.1. The van der Waals surface area contributed by atoms with Gasteiger partial charge in [0, 0.05) is 22.6 Å². The fraction of sp³-hybridized carbons (Fsp3) is 0.588. The first kappa shape index (κ1) is 14.3. The Morgan fingerprint density at radius 3 is 2.95 bits per heavy atom. The maximum absolute atomic E-state index is 12.9. The maximum Gasteiger partial charge on any atom is 0.169 e. The molecule has 3 atom stereocenters. The van der Waals surface area contributed by atoms with Gasteiger partial charge in [-0.1, -0.05) is 35.3 Å². The van der Waals surface area contributed by atoms with Crippen molar-refractivity contribution in [2.75, 3.05) is 7.11 Å². The predicted octanol–water partition coefficient (Wildman–Crippen LogP) is 4.40. The topological polar surface area (TPSA) is 26.3 Å². The zero-order chi connectivity index (χ0) is 14.3. The Morgan fingerprint density at radius 1 is 1.45 bits per heavy atom. The lowest BCUT2D eigenvalue weighted by molar-refractivity contribution is -0.0144. The van der Waals surface area contributed by atoms with Gasteiger partial charge in [0.25, 0.3) is 0 Å². The lowest BCUT2D eigenvalue weighted by atomic mass is 9.65. The highest BCUT2D eigenvalue weighted by atomic mass is 79.9. The first-order valence-corrected chi connectivity index (χ1v) is 8.25. The van der Waals surface area contributed by atoms with Crippen molar-refractivity contribution in [3.63, 3.8) is 0 Å². The summed E-state index contributed by atoms with van der Waals surface area (Å²) in [6.07, 6.45) is 5.29. The van der Waals surface area contributed by atoms with Gasteiger partial charge in [0.05, 0.1) is 6.10 Å². The SMILES string of the molecule is CC[C@H]1C[C@@]2(CC[C@@H]1OC)Cc1ccc(Br)cc1C2=O. The van der Waals surface area contributed by atoms with Crippen LogP contribution in [-0.2, 0) is 11.2 Å². The normalized spacial score (nSPS) is 32.6. The Bertz CT molecular complexity index is 540. The van der Waals surface area contributed by atoms with E-state index in [1.54, 1.807) is 7.11 Å². The lowest BCUT2D eigenvalue weighted by Gasteiger charge is -2.40. The molecule has 0 N–H and O–H groups in total. The minimum atomic E-state index is -0.154. The number of hydrogen-bond donors (Lipinski definition) is 0. The smallest absolute Gasteiger partial charge is 0.169 e. The van der Waals surface area contributed by atoms with Gasteiger partial charge in [-0.25, -0.2) is 0 Å². The van der Waals surface area contributed by atoms with Gasteiger partial charge < -0.3 is 4.74 Å². The summed E-state index contributed by atoms with van der Waals surface area (Å²) in [6, 6.07) is 6.15. The third-order valence-corrected chi connectivity index (χ3v) is 5.73. The number of ether oxygens (including phenoxy) is 1. The molecule has 0 amide bonds. The standard InChI is InChI=1S/C17H21BrO2/c1-3-11-9-17(7-6-15(11)20-2)10-12-4-5-13(18)8-14(12)16(17)19/h4-5,8,11,15H,3,6-7,9-10H2,1-2H3/t11-,15-,17-/m0/s1. The predicted molar refractivity (Wildman–Crippen MR) is 83.0 cm³/mol. The van der Waals surface area contributed by atoms with E-state index >= 15 is 0 Å². The Labute approximate surface area is 129 Å². The largest absolute Gasteiger partial charge is 0.381 e. The van der Waals surface area contributed by atoms with Gasteiger partial charge in [-0.15, -0.1) is 0 Å². The number of carbonyl (C=O) groups is 1. The molecule has 0 radical (unpaired) electrons. The third kappa shape index (κ3) is 2.15. The highest BCUT2D eigenvalue weighted by Gasteiger charge is 2.49. The van der Waals surface area contributed by atoms with Crippen molar-refractivity contribution in [1.29, 1.82) is 0 Å². The van der Waals surface area contributed by atoms with Crippen LogP contribution in [0, 0.1) is 11.3 Å². The summed E-state index contributed by atoms with van der Waals surface area (Å²) >= 11 is 3.48. The molecule has 2 nitrogen and oxygen atoms in total. The molecule has 1 spiro atoms. The molecule has 0 bridgehead atoms. The Hall–Kier alpha value is -0.670. The van der Waals surface area contributed by atoms with E-state index in [1.165, 1.54) is 5.56 Å². The lowest BCUT2D eigenvalue weighted by Crippen LogP contribution is -2.41. The van der Waals surface area contributed by atoms with Gasteiger partial charge >= 0.3 is 0 Å². The monoisotopic (exact) mass is 336 g/mol. The van der Waals surface area contributed by atoms with Crippen LogP contribution in [0.5, 0.6) is 0 Å². The first-order chi connectivity index (χ1) is 9.59. The van der Waals surface area contributed by atoms with Gasteiger partial charge in [0.1, 0.15) is 0 Å². The van der Waals surface area contributed by atoms with Gasteiger partial charge in [-0.3, -0.25) is 4.79 Å². The number of hydrogen-bond acceptors (Lipinski definition) is 2. The molecule has 2 aliphatic rings. The number of rotatable bonds is 2. The van der Waals surface area contributed by atoms with Crippen LogP contribution in [0.4, 0.5) is 0 Å². The molecule has 1 saturated carbocycles. The van der Waals surface area contributed by atoms with E-state index < -0.39 is 0 Å². The summed E-state index contributed by atoms with van der Waals surface area (Å²) < 4.78 is 6.61. The average Bonchev–Trinajstić information content (AvgIpc) is 2.72. The zero-order valence-corrected chi connectivity index (χ0v) is 13.7. The van der Waals surface area contributed by atoms with Crippen molar-refractivity contribution in [2.24, 2.45) is 11.3 Å². The molecule has 2 aliphatic carbocycles. The number of ketones is 1. The van der Waals surface area contributed by atoms with E-state index in [4.69, 9.17) is 4.74 Å². The van der Waals surface area contributed by atoms with Crippen molar-refractivity contribution in [3.8, 4) is 0 Å². The average molecular weight is 337 g/mol. The van der Waals surface area contributed by atoms with Crippen molar-refractivity contribution < 1.29 is 9.53 Å². The van der Waals surface area contributed by atoms with Gasteiger partial charge in [-0.05, 0) is 49.3 Å². The van der Waals surface area contributed by atoms with Crippen LogP contribution in [0.25, 0.3) is 0 Å². The van der Waals surface area contributed by atoms with Gasteiger partial charge in [-0.2, -0.15) is 0 Å². The fourth-order valence-electron chi connectivity index (χ4n) is 4.12. The van der Waals surface area contributed by atoms with Crippen molar-refractivity contribution in [2.45, 2.75) is 45.1 Å². The summed E-state index contributed by atoms with van der Waals surface area (Å²) in [4.78, 5) is 12.9. The van der Waals surface area contributed by atoms with E-state index in [0.717, 1.165) is 42.1 Å². The summed E-state index contributed by atoms with van der Waals surface area (Å²) in [5.74, 6) is 0.872. The molecule has 1 aromatic carbocycles. The number of methoxy groups -OCH3 is 1. The number of fused-ring (bicyclic) bond motifs is 1. The summed E-state index contributed by atoms with van der Waals surface area (Å²) in [5, 5.41) is 0. The quantitative estimate of drug-likeness (QED) is 0.800. The van der Waals surface area contributed by atoms with Crippen molar-refractivity contribution in [3.05, 3.63) is 33.8 Å². The minimum absolute atomic E-state index is 0.154. The maximum atomic E-state index is 12.9. The van der Waals surface area contributed by atoms with Crippen LogP contribution in [-0.4, -0.2) is 19.0 Å². The Balaban J connectivity index is 1.91. The Morgan fingerprint density at radius 2 is 2.25 bits per heavy atom. The van der Waals surface area contributed by atoms with E-state index in [9.17, 15) is 4.79 Å². The molecular formula is C17H21BrO2. The van der Waals surface area contributed by atoms with Gasteiger partial charge in [0.2, 0.25) is 0 Å². The van der Waals surface area contributed by atoms with Crippen molar-refractivity contribution in [1.82, 2.24) is 0 Å². The van der Waals surface area contributed by atoms with Crippen LogP contribution in [0.2, 0.25) is 0 Å². The fourth-order valence-corrected chi connectivity index (χ4v) is 4.48. The van der Waals surface area contributed by atoms with E-state index in [-0.39, 0.29) is 5.41 Å². The molecule has 0 unspecified atom stereocenters. The molecule has 0 saturated heterocycles. The molecule has 3 rings (SSSR count). The minimum Gasteiger partial charge on any atom is -0.381 e. The molecule has 1 aromatic rings. The van der Waals surface area contributed by atoms with E-state index in [1.807, 2.05) is 12.1 Å². The van der Waals surface area contributed by atoms with Crippen LogP contribution < -0.4 is 0 Å². The van der Waals surface area contributed by atoms with Gasteiger partial charge in [0.15, 0.2) is 5.78 Å². The second-order valence-electron chi connectivity index (χ2n) is 6.27. The third-order valence-electron chi connectivity index (χ3n) is 5.24. The summed E-state index contributed by atoms with van der Waals surface area (Å²) in [7, 11) is 1.80. The van der Waals surface area contributed by atoms with Crippen LogP contribution in [0.1, 0.15) is 48.5 Å². The molecule has 3 heteroatoms. The van der Waals surface area contributed by atoms with Crippen molar-refractivity contribution >= 4 is 21.7 Å². The summed E-state index contributed by atoms with van der Waals surface area (Å²) in [6.45, 7) is 2.21. The van der Waals surface area contributed by atoms with Crippen LogP contribution in [0.3, 0.4) is 0 Å². The van der Waals surface area contributed by atoms with E-state index in [2.05, 4.69) is 28.9 Å². The molecule has 0 aromatic heterocycles. The molecular weight excluding hydrogens is 316 g/mol. The number of carbonyl (C=O) groups excluding carboxylic acids is 1.